The van der Waals surface area contributed by atoms with Crippen LogP contribution in [0.5, 0.6) is 34.8 Å². The van der Waals surface area contributed by atoms with Gasteiger partial charge in [-0.3, -0.25) is 14.8 Å². The van der Waals surface area contributed by atoms with Crippen LogP contribution in [0.2, 0.25) is 0 Å². The normalized spacial score (nSPS) is 15.6. The van der Waals surface area contributed by atoms with Gasteiger partial charge in [0.1, 0.15) is 36.2 Å². The van der Waals surface area contributed by atoms with Gasteiger partial charge in [0.15, 0.2) is 5.78 Å². The number of hydrogen-bond acceptors (Lipinski definition) is 17. The van der Waals surface area contributed by atoms with Gasteiger partial charge in [-0.25, -0.2) is 31.6 Å². The molecule has 0 spiro atoms. The van der Waals surface area contributed by atoms with E-state index in [0.29, 0.717) is 106 Å². The number of nitrogens with zero attached hydrogens (tertiary/aromatic N) is 6. The zero-order chi connectivity index (χ0) is 57.0. The Hall–Kier alpha value is -6.63. The summed E-state index contributed by atoms with van der Waals surface area (Å²) in [6.07, 6.45) is 15.0. The van der Waals surface area contributed by atoms with Crippen molar-refractivity contribution in [1.82, 2.24) is 28.5 Å². The topological polar surface area (TPSA) is 262 Å². The van der Waals surface area contributed by atoms with E-state index in [2.05, 4.69) is 19.9 Å². The zero-order valence-corrected chi connectivity index (χ0v) is 48.4. The lowest BCUT2D eigenvalue weighted by Gasteiger charge is -2.35. The number of carbonyl (C=O) groups excluding carboxylic acids is 1. The maximum Gasteiger partial charge on any atom is 0.329 e. The Balaban J connectivity index is 0.000000244. The van der Waals surface area contributed by atoms with Crippen LogP contribution >= 0.6 is 12.4 Å². The molecule has 0 radical (unpaired) electrons. The third-order valence-corrected chi connectivity index (χ3v) is 17.5. The van der Waals surface area contributed by atoms with Crippen LogP contribution in [0.15, 0.2) is 120 Å². The smallest absolute Gasteiger partial charge is 0.329 e. The minimum absolute atomic E-state index is 0. The van der Waals surface area contributed by atoms with Gasteiger partial charge in [-0.2, -0.15) is 8.61 Å². The molecule has 0 aliphatic carbocycles. The summed E-state index contributed by atoms with van der Waals surface area (Å²) in [5.41, 5.74) is 10.1. The second-order valence-corrected chi connectivity index (χ2v) is 22.6. The number of Topliss-reactive ketones (excluding diaryl/α,β-unsaturated/α-hetero) is 1. The second kappa shape index (κ2) is 31.4. The van der Waals surface area contributed by atoms with Crippen molar-refractivity contribution in [2.75, 3.05) is 53.7 Å². The quantitative estimate of drug-likeness (QED) is 0.0643. The number of halogens is 1. The van der Waals surface area contributed by atoms with E-state index >= 15 is 0 Å². The van der Waals surface area contributed by atoms with Crippen molar-refractivity contribution in [3.05, 3.63) is 143 Å². The standard InChI is InChI=1S/C29H35N3O6S.C17H25NO6S.C11H11N3O.ClH/c1-21-15-27(36-3)16-22(2)29(21)39(34,35)32-14-5-4-8-24(32)19-37-20-25(33)11-10-23-7-6-9-26(17-23)38-28-18-30-12-13-31-28;1-12-8-15(23-3)9-13(2)17(12)25(21,22)18-7-5-4-6-14(18)10-24-11-16(19)20;12-7-9-2-1-3-10(6-9)15-11-8-13-4-5-14-11;/h6-7,9,12-13,15-18,24H,4-5,8,10-11,14,19-20H2,1-3H3;8-9,14H,4-7,10-11H2,1-3H3,(H,19,20);1-6,8H,7,12H2;1H. The number of benzene rings is 4. The van der Waals surface area contributed by atoms with E-state index in [1.807, 2.05) is 48.5 Å². The molecule has 80 heavy (non-hydrogen) atoms. The molecule has 0 saturated carbocycles. The maximum absolute atomic E-state index is 13.7. The van der Waals surface area contributed by atoms with Crippen LogP contribution in [0.3, 0.4) is 0 Å². The van der Waals surface area contributed by atoms with Gasteiger partial charge in [0.25, 0.3) is 0 Å². The molecule has 23 heteroatoms. The number of carbonyl (C=O) groups is 2. The lowest BCUT2D eigenvalue weighted by molar-refractivity contribution is -0.142. The van der Waals surface area contributed by atoms with Gasteiger partial charge in [0.05, 0.1) is 49.6 Å². The fourth-order valence-corrected chi connectivity index (χ4v) is 13.6. The third kappa shape index (κ3) is 18.5. The number of carboxylic acids is 1. The second-order valence-electron chi connectivity index (χ2n) is 19.0. The minimum atomic E-state index is -3.73. The van der Waals surface area contributed by atoms with Crippen LogP contribution in [0.1, 0.15) is 78.3 Å². The van der Waals surface area contributed by atoms with Crippen molar-refractivity contribution in [2.24, 2.45) is 5.73 Å². The summed E-state index contributed by atoms with van der Waals surface area (Å²) in [5.74, 6) is 2.37. The molecule has 432 valence electrons. The summed E-state index contributed by atoms with van der Waals surface area (Å²) in [5, 5.41) is 8.70. The lowest BCUT2D eigenvalue weighted by Crippen LogP contribution is -2.46. The van der Waals surface area contributed by atoms with Gasteiger partial charge < -0.3 is 39.3 Å². The molecule has 2 aliphatic heterocycles. The summed E-state index contributed by atoms with van der Waals surface area (Å²) in [7, 11) is -4.32. The fourth-order valence-electron chi connectivity index (χ4n) is 9.38. The zero-order valence-electron chi connectivity index (χ0n) is 46.0. The molecule has 2 aliphatic rings. The summed E-state index contributed by atoms with van der Waals surface area (Å²) in [6.45, 7) is 8.20. The van der Waals surface area contributed by atoms with E-state index in [-0.39, 0.29) is 50.1 Å². The lowest BCUT2D eigenvalue weighted by atomic mass is 10.1. The summed E-state index contributed by atoms with van der Waals surface area (Å²) >= 11 is 0. The predicted molar refractivity (Wildman–Crippen MR) is 303 cm³/mol. The first-order valence-electron chi connectivity index (χ1n) is 25.9. The number of rotatable bonds is 22. The number of aryl methyl sites for hydroxylation is 5. The number of aliphatic carboxylic acids is 1. The van der Waals surface area contributed by atoms with Crippen molar-refractivity contribution >= 4 is 44.2 Å². The average molecular weight is 1160 g/mol. The molecule has 8 rings (SSSR count). The fraction of sp³-hybridized carbons (Fsp3) is 0.404. The van der Waals surface area contributed by atoms with Crippen LogP contribution < -0.4 is 24.7 Å². The maximum atomic E-state index is 13.7. The number of hydrogen-bond donors (Lipinski definition) is 2. The third-order valence-electron chi connectivity index (χ3n) is 13.0. The van der Waals surface area contributed by atoms with Gasteiger partial charge >= 0.3 is 5.97 Å². The highest BCUT2D eigenvalue weighted by molar-refractivity contribution is 7.89. The largest absolute Gasteiger partial charge is 0.497 e. The van der Waals surface area contributed by atoms with Crippen LogP contribution in [-0.2, 0) is 52.1 Å². The molecule has 6 aromatic rings. The molecule has 20 nitrogen and oxygen atoms in total. The van der Waals surface area contributed by atoms with Crippen LogP contribution in [0.4, 0.5) is 0 Å². The molecule has 4 aromatic carbocycles. The predicted octanol–water partition coefficient (Wildman–Crippen LogP) is 8.76. The minimum Gasteiger partial charge on any atom is -0.497 e. The van der Waals surface area contributed by atoms with Crippen LogP contribution in [0.25, 0.3) is 0 Å². The Kier molecular flexibility index (Phi) is 25.2. The van der Waals surface area contributed by atoms with Crippen molar-refractivity contribution in [1.29, 1.82) is 0 Å². The van der Waals surface area contributed by atoms with Gasteiger partial charge in [0, 0.05) is 62.9 Å². The molecule has 2 fully saturated rings. The SMILES string of the molecule is COc1cc(C)c(S(=O)(=O)N2CCCCC2COCC(=O)CCc2cccc(Oc3cnccn3)c2)c(C)c1.COc1cc(C)c(S(=O)(=O)N2CCCCC2COCC(=O)O)c(C)c1.Cl.NCc1cccc(Oc2cnccn2)c1. The molecule has 2 atom stereocenters. The van der Waals surface area contributed by atoms with Gasteiger partial charge in [-0.05, 0) is 142 Å². The van der Waals surface area contributed by atoms with E-state index in [1.165, 1.54) is 10.5 Å². The molecular formula is C57H72ClN7O13S2. The number of aromatic nitrogens is 4. The molecule has 4 heterocycles. The van der Waals surface area contributed by atoms with E-state index < -0.39 is 32.6 Å². The Morgan fingerprint density at radius 1 is 0.613 bits per heavy atom. The number of ether oxygens (including phenoxy) is 6. The van der Waals surface area contributed by atoms with Gasteiger partial charge in [-0.1, -0.05) is 37.1 Å². The van der Waals surface area contributed by atoms with Gasteiger partial charge in [-0.15, -0.1) is 12.4 Å². The van der Waals surface area contributed by atoms with Crippen molar-refractivity contribution < 1.29 is 60.0 Å². The first kappa shape index (κ1) is 64.2. The number of methoxy groups -OCH3 is 2. The van der Waals surface area contributed by atoms with E-state index in [9.17, 15) is 26.4 Å². The highest BCUT2D eigenvalue weighted by Crippen LogP contribution is 2.34. The van der Waals surface area contributed by atoms with Crippen LogP contribution in [-0.4, -0.2) is 128 Å². The molecule has 2 aromatic heterocycles. The molecular weight excluding hydrogens is 1090 g/mol. The van der Waals surface area contributed by atoms with Crippen molar-refractivity contribution in [3.8, 4) is 34.8 Å². The highest BCUT2D eigenvalue weighted by atomic mass is 35.5. The molecule has 2 saturated heterocycles. The molecule has 0 amide bonds. The summed E-state index contributed by atoms with van der Waals surface area (Å²) in [6, 6.07) is 21.3. The van der Waals surface area contributed by atoms with E-state index in [0.717, 1.165) is 42.6 Å². The molecule has 0 bridgehead atoms. The summed E-state index contributed by atoms with van der Waals surface area (Å²) in [4.78, 5) is 39.8. The first-order chi connectivity index (χ1) is 37.9. The Bertz CT molecular complexity index is 3140. The first-order valence-corrected chi connectivity index (χ1v) is 28.8. The van der Waals surface area contributed by atoms with E-state index in [1.54, 1.807) is 101 Å². The van der Waals surface area contributed by atoms with Gasteiger partial charge in [0.2, 0.25) is 31.8 Å². The number of sulfonamides is 2. The Morgan fingerprint density at radius 3 is 1.46 bits per heavy atom. The summed E-state index contributed by atoms with van der Waals surface area (Å²) < 4.78 is 89.5. The Labute approximate surface area is 475 Å². The average Bonchev–Trinajstić information content (AvgIpc) is 3.55. The Morgan fingerprint density at radius 2 is 1.05 bits per heavy atom. The van der Waals surface area contributed by atoms with Crippen molar-refractivity contribution in [3.63, 3.8) is 0 Å². The number of piperidine rings is 2. The molecule has 3 N–H and O–H groups in total. The number of nitrogens with two attached hydrogens (primary N) is 1. The number of carboxylic acid groups (broad SMARTS) is 1. The number of ketones is 1. The molecule has 2 unspecified atom stereocenters. The van der Waals surface area contributed by atoms with Crippen molar-refractivity contribution in [2.45, 2.75) is 107 Å². The van der Waals surface area contributed by atoms with E-state index in [4.69, 9.17) is 39.3 Å². The highest BCUT2D eigenvalue weighted by Gasteiger charge is 2.37. The van der Waals surface area contributed by atoms with Crippen LogP contribution in [0, 0.1) is 27.7 Å². The monoisotopic (exact) mass is 1160 g/mol.